The second-order valence-corrected chi connectivity index (χ2v) is 7.02. The molecule has 2 aliphatic rings. The van der Waals surface area contributed by atoms with E-state index in [0.29, 0.717) is 0 Å². The molecular weight excluding hydrogens is 410 g/mol. The van der Waals surface area contributed by atoms with Crippen LogP contribution in [0.2, 0.25) is 0 Å². The van der Waals surface area contributed by atoms with Gasteiger partial charge in [0, 0.05) is 6.92 Å². The second-order valence-electron chi connectivity index (χ2n) is 7.02. The molecule has 2 fully saturated rings. The summed E-state index contributed by atoms with van der Waals surface area (Å²) in [6, 6.07) is -1.16. The van der Waals surface area contributed by atoms with Gasteiger partial charge in [-0.2, -0.15) is 0 Å². The number of ether oxygens (including phenoxy) is 4. The van der Waals surface area contributed by atoms with Gasteiger partial charge < -0.3 is 60.0 Å². The second kappa shape index (κ2) is 10.9. The summed E-state index contributed by atoms with van der Waals surface area (Å²) < 4.78 is 21.7. The fourth-order valence-corrected chi connectivity index (χ4v) is 3.31. The van der Waals surface area contributed by atoms with E-state index in [1.54, 1.807) is 0 Å². The number of rotatable bonds is 8. The van der Waals surface area contributed by atoms with Crippen molar-refractivity contribution >= 4 is 5.91 Å². The van der Waals surface area contributed by atoms with E-state index in [1.165, 1.54) is 13.0 Å². The van der Waals surface area contributed by atoms with E-state index in [1.807, 2.05) is 0 Å². The normalized spacial score (nSPS) is 42.2. The molecule has 2 heterocycles. The fraction of sp³-hybridized carbons (Fsp3) is 0.824. The number of carbonyl (C=O) groups is 1. The number of nitrogens with one attached hydrogen (secondary N) is 1. The Morgan fingerprint density at radius 2 is 1.77 bits per heavy atom. The lowest BCUT2D eigenvalue weighted by molar-refractivity contribution is -0.359. The summed E-state index contributed by atoms with van der Waals surface area (Å²) >= 11 is 0. The molecule has 2 aliphatic heterocycles. The van der Waals surface area contributed by atoms with E-state index in [4.69, 9.17) is 18.9 Å². The monoisotopic (exact) mass is 439 g/mol. The van der Waals surface area contributed by atoms with Crippen LogP contribution in [0.5, 0.6) is 0 Å². The Morgan fingerprint density at radius 3 is 2.30 bits per heavy atom. The van der Waals surface area contributed by atoms with Crippen LogP contribution >= 0.6 is 0 Å². The van der Waals surface area contributed by atoms with E-state index < -0.39 is 80.2 Å². The molecule has 30 heavy (non-hydrogen) atoms. The van der Waals surface area contributed by atoms with Crippen molar-refractivity contribution in [3.05, 3.63) is 12.7 Å². The molecule has 0 aliphatic carbocycles. The first kappa shape index (κ1) is 25.0. The number of aliphatic hydroxyl groups excluding tert-OH is 6. The third-order valence-electron chi connectivity index (χ3n) is 4.79. The van der Waals surface area contributed by atoms with Crippen LogP contribution in [0.3, 0.4) is 0 Å². The average molecular weight is 439 g/mol. The van der Waals surface area contributed by atoms with Crippen molar-refractivity contribution in [2.24, 2.45) is 0 Å². The molecule has 174 valence electrons. The van der Waals surface area contributed by atoms with E-state index in [-0.39, 0.29) is 6.61 Å². The number of hydrogen-bond donors (Lipinski definition) is 8. The lowest BCUT2D eigenvalue weighted by Crippen LogP contribution is -2.68. The van der Waals surface area contributed by atoms with Crippen molar-refractivity contribution in [1.29, 1.82) is 0 Å². The van der Waals surface area contributed by atoms with E-state index in [2.05, 4.69) is 11.9 Å². The number of amides is 1. The van der Waals surface area contributed by atoms with Gasteiger partial charge in [0.05, 0.1) is 13.2 Å². The van der Waals surface area contributed by atoms with Crippen LogP contribution in [-0.4, -0.2) is 123 Å². The molecule has 0 aromatic rings. The van der Waals surface area contributed by atoms with Gasteiger partial charge in [-0.1, -0.05) is 6.08 Å². The van der Waals surface area contributed by atoms with E-state index in [9.17, 15) is 40.5 Å². The van der Waals surface area contributed by atoms with E-state index in [0.717, 1.165) is 0 Å². The zero-order valence-electron chi connectivity index (χ0n) is 16.2. The zero-order chi connectivity index (χ0) is 22.6. The van der Waals surface area contributed by atoms with Crippen LogP contribution in [-0.2, 0) is 23.7 Å². The maximum atomic E-state index is 11.7. The molecule has 2 rings (SSSR count). The maximum absolute atomic E-state index is 11.7. The smallest absolute Gasteiger partial charge is 0.217 e. The van der Waals surface area contributed by atoms with Crippen LogP contribution in [0, 0.1) is 0 Å². The summed E-state index contributed by atoms with van der Waals surface area (Å²) in [4.78, 5) is 11.7. The van der Waals surface area contributed by atoms with Crippen molar-refractivity contribution in [3.8, 4) is 0 Å². The van der Waals surface area contributed by atoms with Crippen LogP contribution in [0.1, 0.15) is 6.92 Å². The third kappa shape index (κ3) is 5.52. The lowest BCUT2D eigenvalue weighted by Gasteiger charge is -2.47. The first-order chi connectivity index (χ1) is 14.1. The highest BCUT2D eigenvalue weighted by atomic mass is 16.7. The Kier molecular flexibility index (Phi) is 9.08. The minimum atomic E-state index is -2.21. The zero-order valence-corrected chi connectivity index (χ0v) is 16.2. The van der Waals surface area contributed by atoms with Crippen LogP contribution in [0.15, 0.2) is 12.7 Å². The summed E-state index contributed by atoms with van der Waals surface area (Å²) in [7, 11) is 0. The third-order valence-corrected chi connectivity index (χ3v) is 4.79. The molecule has 0 aromatic carbocycles. The Bertz CT molecular complexity index is 577. The van der Waals surface area contributed by atoms with Gasteiger partial charge in [0.25, 0.3) is 0 Å². The molecule has 13 nitrogen and oxygen atoms in total. The maximum Gasteiger partial charge on any atom is 0.217 e. The van der Waals surface area contributed by atoms with Crippen LogP contribution < -0.4 is 5.32 Å². The predicted octanol–water partition coefficient (Wildman–Crippen LogP) is -4.72. The molecule has 0 unspecified atom stereocenters. The summed E-state index contributed by atoms with van der Waals surface area (Å²) in [5.74, 6) is -0.539. The van der Waals surface area contributed by atoms with E-state index >= 15 is 0 Å². The Morgan fingerprint density at radius 1 is 1.10 bits per heavy atom. The largest absolute Gasteiger partial charge is 0.394 e. The van der Waals surface area contributed by atoms with Crippen molar-refractivity contribution in [1.82, 2.24) is 5.32 Å². The molecule has 0 bridgehead atoms. The van der Waals surface area contributed by atoms with Gasteiger partial charge in [0.1, 0.15) is 48.8 Å². The highest BCUT2D eigenvalue weighted by Crippen LogP contribution is 2.30. The molecule has 13 heteroatoms. The Balaban J connectivity index is 2.30. The molecule has 0 spiro atoms. The SMILES string of the molecule is C=CCO[C@H]1O[C@H](CO)[C@H](O)[C@H](O[C@@H]2O[C@H](C(O)O)[C@H](O)[C@H](O)[C@H]2O)[C@H]1NC(C)=O. The number of hydrogen-bond acceptors (Lipinski definition) is 12. The van der Waals surface area contributed by atoms with Gasteiger partial charge in [-0.25, -0.2) is 0 Å². The quantitative estimate of drug-likeness (QED) is 0.133. The molecule has 1 amide bonds. The van der Waals surface area contributed by atoms with Crippen LogP contribution in [0.25, 0.3) is 0 Å². The molecular formula is C17H29NO12. The van der Waals surface area contributed by atoms with Crippen molar-refractivity contribution in [2.45, 2.75) is 74.6 Å². The van der Waals surface area contributed by atoms with Crippen molar-refractivity contribution < 1.29 is 59.5 Å². The summed E-state index contributed by atoms with van der Waals surface area (Å²) in [6.07, 6.45) is -15.2. The molecule has 8 N–H and O–H groups in total. The molecule has 0 aromatic heterocycles. The highest BCUT2D eigenvalue weighted by molar-refractivity contribution is 5.73. The van der Waals surface area contributed by atoms with Gasteiger partial charge in [0.2, 0.25) is 5.91 Å². The fourth-order valence-electron chi connectivity index (χ4n) is 3.31. The topological polar surface area (TPSA) is 208 Å². The Labute approximate surface area is 172 Å². The minimum Gasteiger partial charge on any atom is -0.394 e. The molecule has 0 saturated carbocycles. The summed E-state index contributed by atoms with van der Waals surface area (Å²) in [5.41, 5.74) is 0. The summed E-state index contributed by atoms with van der Waals surface area (Å²) in [5, 5.41) is 71.3. The van der Waals surface area contributed by atoms with Crippen LogP contribution in [0.4, 0.5) is 0 Å². The number of aliphatic hydroxyl groups is 7. The molecule has 2 saturated heterocycles. The molecule has 10 atom stereocenters. The first-order valence-corrected chi connectivity index (χ1v) is 9.27. The first-order valence-electron chi connectivity index (χ1n) is 9.27. The average Bonchev–Trinajstić information content (AvgIpc) is 2.69. The van der Waals surface area contributed by atoms with Gasteiger partial charge in [-0.3, -0.25) is 4.79 Å². The minimum absolute atomic E-state index is 0.00600. The summed E-state index contributed by atoms with van der Waals surface area (Å²) in [6.45, 7) is 4.04. The standard InChI is InChI=1S/C17H29NO12/c1-3-4-27-16-8(18-6(2)20)13(9(21)7(5-19)28-16)29-17-12(24)10(22)11(23)14(30-17)15(25)26/h3,7-17,19,21-26H,1,4-5H2,2H3,(H,18,20)/t7-,8-,9+,10+,11-,12-,13-,14+,16+,17-/m1/s1. The van der Waals surface area contributed by atoms with Gasteiger partial charge in [0.15, 0.2) is 18.9 Å². The molecule has 0 radical (unpaired) electrons. The number of carbonyl (C=O) groups excluding carboxylic acids is 1. The van der Waals surface area contributed by atoms with Gasteiger partial charge in [-0.15, -0.1) is 6.58 Å². The highest BCUT2D eigenvalue weighted by Gasteiger charge is 2.52. The lowest BCUT2D eigenvalue weighted by atomic mass is 9.95. The van der Waals surface area contributed by atoms with Crippen molar-refractivity contribution in [2.75, 3.05) is 13.2 Å². The van der Waals surface area contributed by atoms with Gasteiger partial charge >= 0.3 is 0 Å². The Hall–Kier alpha value is -1.23. The van der Waals surface area contributed by atoms with Gasteiger partial charge in [-0.05, 0) is 0 Å². The predicted molar refractivity (Wildman–Crippen MR) is 95.3 cm³/mol. The van der Waals surface area contributed by atoms with Crippen molar-refractivity contribution in [3.63, 3.8) is 0 Å².